The number of carbonyl (C=O) groups excluding carboxylic acids is 1. The number of aliphatic hydroxyl groups excluding tert-OH is 4. The van der Waals surface area contributed by atoms with Crippen LogP contribution in [0.4, 0.5) is 0 Å². The van der Waals surface area contributed by atoms with Crippen molar-refractivity contribution in [3.05, 3.63) is 0 Å². The van der Waals surface area contributed by atoms with Crippen molar-refractivity contribution in [3.63, 3.8) is 0 Å². The summed E-state index contributed by atoms with van der Waals surface area (Å²) >= 11 is 0.879. The molecule has 9 N–H and O–H groups in total. The number of ether oxygens (including phenoxy) is 1. The molecule has 2 aliphatic heterocycles. The highest BCUT2D eigenvalue weighted by Crippen LogP contribution is 2.31. The van der Waals surface area contributed by atoms with E-state index in [1.807, 2.05) is 0 Å². The lowest BCUT2D eigenvalue weighted by Crippen LogP contribution is -2.65. The standard InChI is InChI=1S/C21H39N3O8S/c1-3-4-5-6-11-7-13(23-8-11)19(29)24-14(10(2)25)18-16(27)15(26)17(28)21(32-18)33-9-12(22)20(30)31/h10-18,21,23,25-28H,3-9,22H2,1-2H3,(H,24,29)(H,30,31)/t10-,11-,12+,13+,14-,15+,16-,17-,18-,21-/m1/s1. The minimum absolute atomic E-state index is 0.107. The Hall–Kier alpha value is -0.990. The van der Waals surface area contributed by atoms with Crippen molar-refractivity contribution >= 4 is 23.6 Å². The molecule has 10 atom stereocenters. The first kappa shape index (κ1) is 28.2. The third kappa shape index (κ3) is 7.76. The Morgan fingerprint density at radius 3 is 2.52 bits per heavy atom. The monoisotopic (exact) mass is 493 g/mol. The van der Waals surface area contributed by atoms with Crippen molar-refractivity contribution < 1.29 is 39.9 Å². The van der Waals surface area contributed by atoms with Crippen LogP contribution in [0.15, 0.2) is 0 Å². The maximum absolute atomic E-state index is 12.9. The average Bonchev–Trinajstić information content (AvgIpc) is 3.24. The number of aliphatic hydroxyl groups is 4. The summed E-state index contributed by atoms with van der Waals surface area (Å²) in [4.78, 5) is 23.8. The van der Waals surface area contributed by atoms with Crippen molar-refractivity contribution in [1.82, 2.24) is 10.6 Å². The van der Waals surface area contributed by atoms with E-state index in [0.29, 0.717) is 12.3 Å². The van der Waals surface area contributed by atoms with E-state index >= 15 is 0 Å². The smallest absolute Gasteiger partial charge is 0.321 e. The number of nitrogens with two attached hydrogens (primary N) is 1. The second kappa shape index (κ2) is 13.2. The van der Waals surface area contributed by atoms with E-state index < -0.39 is 60.1 Å². The molecule has 33 heavy (non-hydrogen) atoms. The summed E-state index contributed by atoms with van der Waals surface area (Å²) < 4.78 is 5.74. The van der Waals surface area contributed by atoms with Crippen molar-refractivity contribution in [2.45, 2.75) is 100 Å². The topological polar surface area (TPSA) is 195 Å². The van der Waals surface area contributed by atoms with Crippen LogP contribution < -0.4 is 16.4 Å². The summed E-state index contributed by atoms with van der Waals surface area (Å²) in [6.45, 7) is 4.30. The van der Waals surface area contributed by atoms with Crippen molar-refractivity contribution in [3.8, 4) is 0 Å². The Morgan fingerprint density at radius 1 is 1.21 bits per heavy atom. The summed E-state index contributed by atoms with van der Waals surface area (Å²) in [5, 5.41) is 56.3. The number of carbonyl (C=O) groups is 2. The molecule has 1 amide bonds. The second-order valence-corrected chi connectivity index (χ2v) is 10.2. The molecule has 2 rings (SSSR count). The van der Waals surface area contributed by atoms with Crippen LogP contribution in [0.2, 0.25) is 0 Å². The maximum atomic E-state index is 12.9. The van der Waals surface area contributed by atoms with Crippen LogP contribution in [0.3, 0.4) is 0 Å². The van der Waals surface area contributed by atoms with Gasteiger partial charge in [-0.1, -0.05) is 26.2 Å². The summed E-state index contributed by atoms with van der Waals surface area (Å²) in [5.41, 5.74) is 4.39. The molecule has 0 spiro atoms. The zero-order chi connectivity index (χ0) is 24.7. The van der Waals surface area contributed by atoms with Gasteiger partial charge in [0.05, 0.1) is 18.2 Å². The van der Waals surface area contributed by atoms with E-state index in [1.54, 1.807) is 0 Å². The molecule has 2 saturated heterocycles. The van der Waals surface area contributed by atoms with Gasteiger partial charge in [0.2, 0.25) is 5.91 Å². The van der Waals surface area contributed by atoms with Gasteiger partial charge in [0.25, 0.3) is 0 Å². The number of nitrogens with one attached hydrogen (secondary N) is 2. The van der Waals surface area contributed by atoms with Crippen LogP contribution >= 0.6 is 11.8 Å². The number of unbranched alkanes of at least 4 members (excludes halogenated alkanes) is 2. The van der Waals surface area contributed by atoms with E-state index in [2.05, 4.69) is 17.6 Å². The molecule has 12 heteroatoms. The minimum atomic E-state index is -1.62. The molecule has 0 aliphatic carbocycles. The molecule has 0 aromatic carbocycles. The van der Waals surface area contributed by atoms with Gasteiger partial charge in [0, 0.05) is 5.75 Å². The van der Waals surface area contributed by atoms with Gasteiger partial charge in [0.15, 0.2) is 0 Å². The Morgan fingerprint density at radius 2 is 1.91 bits per heavy atom. The lowest BCUT2D eigenvalue weighted by Gasteiger charge is -2.44. The molecular formula is C21H39N3O8S. The summed E-state index contributed by atoms with van der Waals surface area (Å²) in [6, 6.07) is -2.71. The van der Waals surface area contributed by atoms with Gasteiger partial charge in [-0.25, -0.2) is 0 Å². The average molecular weight is 494 g/mol. The fourth-order valence-corrected chi connectivity index (χ4v) is 5.34. The van der Waals surface area contributed by atoms with Crippen LogP contribution in [0, 0.1) is 5.92 Å². The van der Waals surface area contributed by atoms with Crippen LogP contribution in [-0.4, -0.2) is 104 Å². The van der Waals surface area contributed by atoms with E-state index in [9.17, 15) is 30.0 Å². The van der Waals surface area contributed by atoms with E-state index in [1.165, 1.54) is 6.92 Å². The van der Waals surface area contributed by atoms with Gasteiger partial charge >= 0.3 is 5.97 Å². The highest BCUT2D eigenvalue weighted by atomic mass is 32.2. The van der Waals surface area contributed by atoms with Crippen LogP contribution in [0.1, 0.15) is 46.0 Å². The Balaban J connectivity index is 2.02. The number of hydrogen-bond acceptors (Lipinski definition) is 10. The predicted molar refractivity (Wildman–Crippen MR) is 122 cm³/mol. The lowest BCUT2D eigenvalue weighted by molar-refractivity contribution is -0.211. The van der Waals surface area contributed by atoms with Gasteiger partial charge in [0.1, 0.15) is 35.9 Å². The molecule has 0 aromatic heterocycles. The van der Waals surface area contributed by atoms with Crippen molar-refractivity contribution in [2.75, 3.05) is 12.3 Å². The number of carboxylic acid groups (broad SMARTS) is 1. The Kier molecular flexibility index (Phi) is 11.3. The highest BCUT2D eigenvalue weighted by Gasteiger charge is 2.48. The Labute approximate surface area is 198 Å². The summed E-state index contributed by atoms with van der Waals surface area (Å²) in [6.07, 6.45) is -1.97. The molecule has 0 bridgehead atoms. The number of amides is 1. The number of aliphatic carboxylic acids is 1. The van der Waals surface area contributed by atoms with Crippen LogP contribution in [0.25, 0.3) is 0 Å². The first-order valence-corrected chi connectivity index (χ1v) is 12.6. The van der Waals surface area contributed by atoms with Crippen molar-refractivity contribution in [1.29, 1.82) is 0 Å². The van der Waals surface area contributed by atoms with Crippen LogP contribution in [0.5, 0.6) is 0 Å². The molecule has 0 unspecified atom stereocenters. The van der Waals surface area contributed by atoms with E-state index in [-0.39, 0.29) is 11.7 Å². The SMILES string of the molecule is CCCCC[C@H]1CN[C@H](C(=O)N[C@@H]([C@H]2O[C@H](SC[C@H](N)C(=O)O)[C@H](O)[C@@H](O)[C@H]2O)[C@@H](C)O)C1. The number of carboxylic acids is 1. The van der Waals surface area contributed by atoms with E-state index in [4.69, 9.17) is 15.6 Å². The van der Waals surface area contributed by atoms with E-state index in [0.717, 1.165) is 44.0 Å². The predicted octanol–water partition coefficient (Wildman–Crippen LogP) is -1.64. The zero-order valence-corrected chi connectivity index (χ0v) is 20.0. The third-order valence-electron chi connectivity index (χ3n) is 6.30. The maximum Gasteiger partial charge on any atom is 0.321 e. The number of thioether (sulfide) groups is 1. The largest absolute Gasteiger partial charge is 0.480 e. The Bertz CT molecular complexity index is 643. The third-order valence-corrected chi connectivity index (χ3v) is 7.57. The molecule has 11 nitrogen and oxygen atoms in total. The first-order valence-electron chi connectivity index (χ1n) is 11.6. The van der Waals surface area contributed by atoms with Gasteiger partial charge < -0.3 is 46.6 Å². The zero-order valence-electron chi connectivity index (χ0n) is 19.2. The van der Waals surface area contributed by atoms with Gasteiger partial charge in [-0.2, -0.15) is 0 Å². The molecule has 0 saturated carbocycles. The molecule has 192 valence electrons. The summed E-state index contributed by atoms with van der Waals surface area (Å²) in [7, 11) is 0. The van der Waals surface area contributed by atoms with Crippen LogP contribution in [-0.2, 0) is 14.3 Å². The molecule has 2 aliphatic rings. The van der Waals surface area contributed by atoms with Gasteiger partial charge in [-0.15, -0.1) is 11.8 Å². The molecule has 0 aromatic rings. The molecule has 2 fully saturated rings. The number of hydrogen-bond donors (Lipinski definition) is 8. The molecular weight excluding hydrogens is 454 g/mol. The molecule has 0 radical (unpaired) electrons. The van der Waals surface area contributed by atoms with Crippen molar-refractivity contribution in [2.24, 2.45) is 11.7 Å². The van der Waals surface area contributed by atoms with Gasteiger partial charge in [-0.3, -0.25) is 9.59 Å². The minimum Gasteiger partial charge on any atom is -0.480 e. The summed E-state index contributed by atoms with van der Waals surface area (Å²) in [5.74, 6) is -1.28. The first-order chi connectivity index (χ1) is 15.6. The highest BCUT2D eigenvalue weighted by molar-refractivity contribution is 7.99. The number of rotatable bonds is 12. The fourth-order valence-electron chi connectivity index (χ4n) is 4.23. The quantitative estimate of drug-likeness (QED) is 0.145. The second-order valence-electron chi connectivity index (χ2n) is 9.05. The normalized spacial score (nSPS) is 35.1. The molecule has 2 heterocycles. The van der Waals surface area contributed by atoms with Gasteiger partial charge in [-0.05, 0) is 32.2 Å². The lowest BCUT2D eigenvalue weighted by atomic mass is 9.92. The fraction of sp³-hybridized carbons (Fsp3) is 0.905.